The van der Waals surface area contributed by atoms with Crippen LogP contribution in [0.4, 0.5) is 10.6 Å². The van der Waals surface area contributed by atoms with Crippen molar-refractivity contribution in [2.24, 2.45) is 0 Å². The molecule has 0 saturated heterocycles. The third-order valence-electron chi connectivity index (χ3n) is 3.11. The molecule has 25 heavy (non-hydrogen) atoms. The van der Waals surface area contributed by atoms with Gasteiger partial charge in [0.05, 0.1) is 0 Å². The number of rotatable bonds is 5. The van der Waals surface area contributed by atoms with Gasteiger partial charge in [-0.3, -0.25) is 5.32 Å². The number of hydrogen-bond acceptors (Lipinski definition) is 4. The molecule has 5 nitrogen and oxygen atoms in total. The highest BCUT2D eigenvalue weighted by molar-refractivity contribution is 6.35. The summed E-state index contributed by atoms with van der Waals surface area (Å²) in [7, 11) is 0. The van der Waals surface area contributed by atoms with Gasteiger partial charge in [-0.15, -0.1) is 0 Å². The SMILES string of the molecule is CC(C)(C)OC(=O)Nc1ccc(CNCc2ccc(Cl)cc2Cl)cn1. The fraction of sp³-hybridized carbons (Fsp3) is 0.333. The van der Waals surface area contributed by atoms with E-state index in [0.717, 1.165) is 11.1 Å². The molecular formula is C18H21Cl2N3O2. The lowest BCUT2D eigenvalue weighted by Gasteiger charge is -2.19. The topological polar surface area (TPSA) is 63.2 Å². The van der Waals surface area contributed by atoms with Crippen molar-refractivity contribution in [3.63, 3.8) is 0 Å². The summed E-state index contributed by atoms with van der Waals surface area (Å²) in [4.78, 5) is 15.9. The molecule has 0 aliphatic carbocycles. The minimum atomic E-state index is -0.545. The molecule has 0 spiro atoms. The van der Waals surface area contributed by atoms with E-state index in [1.54, 1.807) is 18.3 Å². The van der Waals surface area contributed by atoms with Crippen molar-refractivity contribution in [1.29, 1.82) is 0 Å². The fourth-order valence-corrected chi connectivity index (χ4v) is 2.49. The molecule has 0 radical (unpaired) electrons. The zero-order chi connectivity index (χ0) is 18.4. The van der Waals surface area contributed by atoms with Gasteiger partial charge in [0.1, 0.15) is 11.4 Å². The number of ether oxygens (including phenoxy) is 1. The van der Waals surface area contributed by atoms with Crippen LogP contribution in [0.5, 0.6) is 0 Å². The Labute approximate surface area is 157 Å². The van der Waals surface area contributed by atoms with E-state index in [9.17, 15) is 4.79 Å². The van der Waals surface area contributed by atoms with E-state index in [1.165, 1.54) is 0 Å². The van der Waals surface area contributed by atoms with E-state index in [0.29, 0.717) is 29.0 Å². The van der Waals surface area contributed by atoms with Crippen LogP contribution in [-0.2, 0) is 17.8 Å². The van der Waals surface area contributed by atoms with Crippen molar-refractivity contribution < 1.29 is 9.53 Å². The molecule has 0 unspecified atom stereocenters. The molecule has 1 aromatic heterocycles. The van der Waals surface area contributed by atoms with Crippen LogP contribution in [0.15, 0.2) is 36.5 Å². The quantitative estimate of drug-likeness (QED) is 0.762. The van der Waals surface area contributed by atoms with Crippen molar-refractivity contribution >= 4 is 35.1 Å². The highest BCUT2D eigenvalue weighted by Crippen LogP contribution is 2.20. The summed E-state index contributed by atoms with van der Waals surface area (Å²) in [6.07, 6.45) is 1.17. The van der Waals surface area contributed by atoms with Gasteiger partial charge in [-0.2, -0.15) is 0 Å². The number of aromatic nitrogens is 1. The van der Waals surface area contributed by atoms with Gasteiger partial charge < -0.3 is 10.1 Å². The van der Waals surface area contributed by atoms with E-state index < -0.39 is 11.7 Å². The molecule has 2 N–H and O–H groups in total. The standard InChI is InChI=1S/C18H21Cl2N3O2/c1-18(2,3)25-17(24)23-16-7-4-12(10-22-16)9-21-11-13-5-6-14(19)8-15(13)20/h4-8,10,21H,9,11H2,1-3H3,(H,22,23,24). The summed E-state index contributed by atoms with van der Waals surface area (Å²) in [5.41, 5.74) is 1.42. The van der Waals surface area contributed by atoms with Crippen molar-refractivity contribution in [3.8, 4) is 0 Å². The van der Waals surface area contributed by atoms with Gasteiger partial charge in [0.15, 0.2) is 0 Å². The summed E-state index contributed by atoms with van der Waals surface area (Å²) in [5.74, 6) is 0.443. The molecule has 2 aromatic rings. The number of pyridine rings is 1. The van der Waals surface area contributed by atoms with Crippen LogP contribution in [0.3, 0.4) is 0 Å². The number of anilines is 1. The largest absolute Gasteiger partial charge is 0.444 e. The van der Waals surface area contributed by atoms with Gasteiger partial charge in [-0.1, -0.05) is 35.3 Å². The predicted octanol–water partition coefficient (Wildman–Crippen LogP) is 5.03. The lowest BCUT2D eigenvalue weighted by atomic mass is 10.2. The van der Waals surface area contributed by atoms with E-state index >= 15 is 0 Å². The maximum Gasteiger partial charge on any atom is 0.413 e. The Kier molecular flexibility index (Phi) is 6.64. The van der Waals surface area contributed by atoms with Crippen LogP contribution in [0.1, 0.15) is 31.9 Å². The van der Waals surface area contributed by atoms with E-state index in [-0.39, 0.29) is 0 Å². The average molecular weight is 382 g/mol. The molecule has 0 bridgehead atoms. The first-order valence-corrected chi connectivity index (χ1v) is 8.58. The Hall–Kier alpha value is -1.82. The first kappa shape index (κ1) is 19.5. The Morgan fingerprint density at radius 2 is 1.92 bits per heavy atom. The molecule has 0 saturated carbocycles. The third-order valence-corrected chi connectivity index (χ3v) is 3.70. The molecule has 1 amide bonds. The molecule has 134 valence electrons. The van der Waals surface area contributed by atoms with Crippen LogP contribution in [-0.4, -0.2) is 16.7 Å². The number of carbonyl (C=O) groups excluding carboxylic acids is 1. The van der Waals surface area contributed by atoms with Crippen LogP contribution >= 0.6 is 23.2 Å². The second-order valence-corrected chi connectivity index (χ2v) is 7.36. The van der Waals surface area contributed by atoms with E-state index in [2.05, 4.69) is 15.6 Å². The number of nitrogens with zero attached hydrogens (tertiary/aromatic N) is 1. The van der Waals surface area contributed by atoms with Crippen LogP contribution in [0, 0.1) is 0 Å². The number of benzene rings is 1. The number of amides is 1. The minimum absolute atomic E-state index is 0.443. The second kappa shape index (κ2) is 8.52. The Morgan fingerprint density at radius 1 is 1.16 bits per heavy atom. The maximum atomic E-state index is 11.7. The molecule has 0 fully saturated rings. The molecule has 0 atom stereocenters. The van der Waals surface area contributed by atoms with Gasteiger partial charge in [0.25, 0.3) is 0 Å². The molecule has 1 aromatic carbocycles. The minimum Gasteiger partial charge on any atom is -0.444 e. The fourth-order valence-electron chi connectivity index (χ4n) is 2.02. The number of nitrogens with one attached hydrogen (secondary N) is 2. The zero-order valence-electron chi connectivity index (χ0n) is 14.4. The maximum absolute atomic E-state index is 11.7. The van der Waals surface area contributed by atoms with Crippen LogP contribution in [0.2, 0.25) is 10.0 Å². The Bertz CT molecular complexity index is 728. The number of hydrogen-bond donors (Lipinski definition) is 2. The summed E-state index contributed by atoms with van der Waals surface area (Å²) in [5, 5.41) is 7.14. The molecule has 0 aliphatic rings. The van der Waals surface area contributed by atoms with Gasteiger partial charge in [-0.05, 0) is 50.1 Å². The molecule has 1 heterocycles. The van der Waals surface area contributed by atoms with Crippen LogP contribution < -0.4 is 10.6 Å². The molecule has 7 heteroatoms. The summed E-state index contributed by atoms with van der Waals surface area (Å²) in [6, 6.07) is 9.04. The van der Waals surface area contributed by atoms with Crippen molar-refractivity contribution in [1.82, 2.24) is 10.3 Å². The number of carbonyl (C=O) groups is 1. The molecule has 0 aliphatic heterocycles. The van der Waals surface area contributed by atoms with Gasteiger partial charge in [0, 0.05) is 29.3 Å². The first-order chi connectivity index (χ1) is 11.7. The van der Waals surface area contributed by atoms with Crippen LogP contribution in [0.25, 0.3) is 0 Å². The highest BCUT2D eigenvalue weighted by Gasteiger charge is 2.16. The highest BCUT2D eigenvalue weighted by atomic mass is 35.5. The normalized spacial score (nSPS) is 11.2. The predicted molar refractivity (Wildman–Crippen MR) is 101 cm³/mol. The summed E-state index contributed by atoms with van der Waals surface area (Å²) in [6.45, 7) is 6.66. The van der Waals surface area contributed by atoms with Crippen molar-refractivity contribution in [2.45, 2.75) is 39.5 Å². The van der Waals surface area contributed by atoms with Crippen molar-refractivity contribution in [2.75, 3.05) is 5.32 Å². The lowest BCUT2D eigenvalue weighted by molar-refractivity contribution is 0.0635. The zero-order valence-corrected chi connectivity index (χ0v) is 15.9. The smallest absolute Gasteiger partial charge is 0.413 e. The molecular weight excluding hydrogens is 361 g/mol. The van der Waals surface area contributed by atoms with E-state index in [4.69, 9.17) is 27.9 Å². The summed E-state index contributed by atoms with van der Waals surface area (Å²) < 4.78 is 5.18. The summed E-state index contributed by atoms with van der Waals surface area (Å²) >= 11 is 12.0. The average Bonchev–Trinajstić information content (AvgIpc) is 2.49. The van der Waals surface area contributed by atoms with E-state index in [1.807, 2.05) is 39.0 Å². The van der Waals surface area contributed by atoms with Crippen molar-refractivity contribution in [3.05, 3.63) is 57.7 Å². The third kappa shape index (κ3) is 6.90. The first-order valence-electron chi connectivity index (χ1n) is 7.82. The van der Waals surface area contributed by atoms with Gasteiger partial charge in [0.2, 0.25) is 0 Å². The monoisotopic (exact) mass is 381 g/mol. The number of halogens is 2. The second-order valence-electron chi connectivity index (χ2n) is 6.52. The molecule has 2 rings (SSSR count). The Balaban J connectivity index is 1.83. The Morgan fingerprint density at radius 3 is 2.52 bits per heavy atom. The lowest BCUT2D eigenvalue weighted by Crippen LogP contribution is -2.27. The van der Waals surface area contributed by atoms with Gasteiger partial charge in [-0.25, -0.2) is 9.78 Å². The van der Waals surface area contributed by atoms with Gasteiger partial charge >= 0.3 is 6.09 Å².